The summed E-state index contributed by atoms with van der Waals surface area (Å²) in [6.45, 7) is 0.817. The van der Waals surface area contributed by atoms with E-state index in [1.165, 1.54) is 16.7 Å². The Morgan fingerprint density at radius 2 is 1.87 bits per heavy atom. The van der Waals surface area contributed by atoms with Crippen LogP contribution in [-0.2, 0) is 38.7 Å². The molecule has 0 saturated heterocycles. The number of nitrogens with zero attached hydrogens (tertiary/aromatic N) is 2. The van der Waals surface area contributed by atoms with E-state index in [-0.39, 0.29) is 62.3 Å². The number of halogens is 2. The minimum Gasteiger partial charge on any atom is -0.361 e. The first-order valence-electron chi connectivity index (χ1n) is 17.4. The lowest BCUT2D eigenvalue weighted by Gasteiger charge is -2.31. The lowest BCUT2D eigenvalue weighted by molar-refractivity contribution is -0.143. The molecule has 5 rings (SSSR count). The summed E-state index contributed by atoms with van der Waals surface area (Å²) in [4.78, 5) is 65.2. The number of nitrogens with one attached hydrogen (secondary N) is 4. The van der Waals surface area contributed by atoms with Crippen LogP contribution in [-0.4, -0.2) is 71.1 Å². The highest BCUT2D eigenvalue weighted by atomic mass is 35.5. The maximum absolute atomic E-state index is 14.5. The summed E-state index contributed by atoms with van der Waals surface area (Å²) in [6.07, 6.45) is 5.81. The van der Waals surface area contributed by atoms with Gasteiger partial charge in [-0.2, -0.15) is 0 Å². The number of Topliss-reactive ketones (excluding diaryl/α,β-unsaturated/α-hetero) is 1. The number of aromatic amines is 1. The standard InChI is InChI=1S/C38H45Cl2N7O4S/c1-42-34(49)13-12-31-33(48)18-23(8-5-6-14-41)38(51)47(2)32(17-25-21-44-30-11-4-3-10-28(25)30)36(50)46-22-26-16-27(39)19-29(40)35(26)52-37-24(20-45-31)9-7-15-43-37/h3-4,7,9-11,15-16,19,21,23,31-32,44-45H,5-6,8,12-14,17-18,20,22,41H2,1-2H3,(H,42,49)(H,46,50)/t23-,31+,32+/m1/s1. The van der Waals surface area contributed by atoms with Crippen LogP contribution in [0.1, 0.15) is 55.2 Å². The average Bonchev–Trinajstić information content (AvgIpc) is 3.55. The SMILES string of the molecule is CNC(=O)CC[C@@H]1NCc2cccnc2Sc2c(Cl)cc(Cl)cc2CNC(=O)[C@H](Cc2c[nH]c3ccccc23)N(C)C(=O)[C@H](CCCCN)CC1=O. The van der Waals surface area contributed by atoms with Crippen LogP contribution in [0, 0.1) is 5.92 Å². The minimum absolute atomic E-state index is 0.0607. The maximum atomic E-state index is 14.5. The number of ketones is 1. The fourth-order valence-electron chi connectivity index (χ4n) is 6.51. The third-order valence-electron chi connectivity index (χ3n) is 9.46. The van der Waals surface area contributed by atoms with Crippen LogP contribution in [0.4, 0.5) is 0 Å². The first-order valence-corrected chi connectivity index (χ1v) is 19.0. The molecule has 2 aromatic carbocycles. The number of amides is 3. The number of rotatable bonds is 9. The van der Waals surface area contributed by atoms with Gasteiger partial charge >= 0.3 is 0 Å². The van der Waals surface area contributed by atoms with Crippen LogP contribution >= 0.6 is 35.0 Å². The molecule has 0 radical (unpaired) electrons. The first-order chi connectivity index (χ1) is 25.1. The van der Waals surface area contributed by atoms with Crippen molar-refractivity contribution in [2.24, 2.45) is 11.7 Å². The summed E-state index contributed by atoms with van der Waals surface area (Å²) in [5.41, 5.74) is 9.10. The molecule has 0 aliphatic carbocycles. The van der Waals surface area contributed by atoms with E-state index in [0.717, 1.165) is 22.0 Å². The van der Waals surface area contributed by atoms with E-state index in [2.05, 4.69) is 25.9 Å². The Labute approximate surface area is 318 Å². The molecule has 3 amide bonds. The Morgan fingerprint density at radius 1 is 1.06 bits per heavy atom. The zero-order valence-corrected chi connectivity index (χ0v) is 31.7. The highest BCUT2D eigenvalue weighted by molar-refractivity contribution is 7.99. The molecule has 3 heterocycles. The Balaban J connectivity index is 1.58. The van der Waals surface area contributed by atoms with Crippen molar-refractivity contribution in [3.63, 3.8) is 0 Å². The summed E-state index contributed by atoms with van der Waals surface area (Å²) in [7, 11) is 3.18. The summed E-state index contributed by atoms with van der Waals surface area (Å²) in [6, 6.07) is 13.3. The van der Waals surface area contributed by atoms with Crippen molar-refractivity contribution < 1.29 is 19.2 Å². The first kappa shape index (κ1) is 39.3. The normalized spacial score (nSPS) is 19.1. The quantitative estimate of drug-likeness (QED) is 0.141. The van der Waals surface area contributed by atoms with Crippen molar-refractivity contribution in [2.45, 2.75) is 80.0 Å². The number of nitrogens with two attached hydrogens (primary N) is 1. The lowest BCUT2D eigenvalue weighted by Crippen LogP contribution is -2.51. The molecule has 14 heteroatoms. The smallest absolute Gasteiger partial charge is 0.243 e. The van der Waals surface area contributed by atoms with E-state index >= 15 is 0 Å². The van der Waals surface area contributed by atoms with Crippen molar-refractivity contribution in [3.05, 3.63) is 87.7 Å². The van der Waals surface area contributed by atoms with Gasteiger partial charge in [0.2, 0.25) is 17.7 Å². The van der Waals surface area contributed by atoms with E-state index in [1.807, 2.05) is 42.6 Å². The third-order valence-corrected chi connectivity index (χ3v) is 11.3. The van der Waals surface area contributed by atoms with Crippen LogP contribution < -0.4 is 21.7 Å². The van der Waals surface area contributed by atoms with Crippen LogP contribution in [0.25, 0.3) is 10.9 Å². The summed E-state index contributed by atoms with van der Waals surface area (Å²) in [5.74, 6) is -1.76. The predicted molar refractivity (Wildman–Crippen MR) is 205 cm³/mol. The van der Waals surface area contributed by atoms with Crippen molar-refractivity contribution in [1.82, 2.24) is 30.8 Å². The molecule has 4 aromatic rings. The van der Waals surface area contributed by atoms with E-state index in [4.69, 9.17) is 28.9 Å². The Hall–Kier alpha value is -3.94. The number of hydrogen-bond donors (Lipinski definition) is 5. The number of hydrogen-bond acceptors (Lipinski definition) is 8. The fourth-order valence-corrected chi connectivity index (χ4v) is 8.15. The van der Waals surface area contributed by atoms with E-state index in [1.54, 1.807) is 32.4 Å². The zero-order valence-electron chi connectivity index (χ0n) is 29.3. The maximum Gasteiger partial charge on any atom is 0.243 e. The largest absolute Gasteiger partial charge is 0.361 e. The second-order valence-electron chi connectivity index (χ2n) is 13.0. The van der Waals surface area contributed by atoms with Gasteiger partial charge in [-0.25, -0.2) is 4.98 Å². The van der Waals surface area contributed by atoms with Crippen LogP contribution in [0.2, 0.25) is 10.0 Å². The van der Waals surface area contributed by atoms with Gasteiger partial charge in [0.15, 0.2) is 5.78 Å². The van der Waals surface area contributed by atoms with Gasteiger partial charge in [-0.05, 0) is 66.8 Å². The number of carbonyl (C=O) groups excluding carboxylic acids is 4. The molecule has 1 aliphatic heterocycles. The van der Waals surface area contributed by atoms with Crippen LogP contribution in [0.3, 0.4) is 0 Å². The Kier molecular flexibility index (Phi) is 14.1. The highest BCUT2D eigenvalue weighted by Gasteiger charge is 2.34. The fraction of sp³-hybridized carbons (Fsp3) is 0.395. The molecular formula is C38H45Cl2N7O4S. The number of unbranched alkanes of at least 4 members (excludes halogenated alkanes) is 1. The molecule has 0 unspecified atom stereocenters. The van der Waals surface area contributed by atoms with Crippen LogP contribution in [0.5, 0.6) is 0 Å². The highest BCUT2D eigenvalue weighted by Crippen LogP contribution is 2.39. The van der Waals surface area contributed by atoms with Crippen molar-refractivity contribution in [1.29, 1.82) is 0 Å². The molecule has 0 spiro atoms. The number of aromatic nitrogens is 2. The second-order valence-corrected chi connectivity index (χ2v) is 14.8. The molecule has 1 aliphatic rings. The number of benzene rings is 2. The van der Waals surface area contributed by atoms with E-state index < -0.39 is 18.0 Å². The predicted octanol–water partition coefficient (Wildman–Crippen LogP) is 5.41. The van der Waals surface area contributed by atoms with Gasteiger partial charge in [0, 0.05) is 85.6 Å². The van der Waals surface area contributed by atoms with Gasteiger partial charge in [-0.15, -0.1) is 0 Å². The average molecular weight is 767 g/mol. The molecule has 52 heavy (non-hydrogen) atoms. The van der Waals surface area contributed by atoms with Gasteiger partial charge in [-0.1, -0.05) is 65.7 Å². The molecule has 0 bridgehead atoms. The Morgan fingerprint density at radius 3 is 2.65 bits per heavy atom. The zero-order chi connectivity index (χ0) is 37.2. The number of pyridine rings is 1. The minimum atomic E-state index is -0.912. The van der Waals surface area contributed by atoms with Gasteiger partial charge in [0.1, 0.15) is 11.1 Å². The molecule has 0 fully saturated rings. The Bertz CT molecular complexity index is 1900. The van der Waals surface area contributed by atoms with E-state index in [9.17, 15) is 19.2 Å². The number of H-pyrrole nitrogens is 1. The number of likely N-dealkylation sites (N-methyl/N-ethyl adjacent to an activating group) is 1. The molecule has 6 N–H and O–H groups in total. The summed E-state index contributed by atoms with van der Waals surface area (Å²) >= 11 is 14.6. The van der Waals surface area contributed by atoms with Gasteiger partial charge < -0.3 is 31.6 Å². The topological polar surface area (TPSA) is 162 Å². The van der Waals surface area contributed by atoms with Crippen molar-refractivity contribution >= 4 is 69.4 Å². The van der Waals surface area contributed by atoms with Crippen LogP contribution in [0.15, 0.2) is 70.8 Å². The van der Waals surface area contributed by atoms with Gasteiger partial charge in [0.05, 0.1) is 11.1 Å². The summed E-state index contributed by atoms with van der Waals surface area (Å²) in [5, 5.41) is 11.5. The molecule has 11 nitrogen and oxygen atoms in total. The van der Waals surface area contributed by atoms with Gasteiger partial charge in [-0.3, -0.25) is 19.2 Å². The molecule has 276 valence electrons. The molecule has 3 atom stereocenters. The van der Waals surface area contributed by atoms with Crippen molar-refractivity contribution in [2.75, 3.05) is 20.6 Å². The monoisotopic (exact) mass is 765 g/mol. The summed E-state index contributed by atoms with van der Waals surface area (Å²) < 4.78 is 0. The van der Waals surface area contributed by atoms with Gasteiger partial charge in [0.25, 0.3) is 0 Å². The van der Waals surface area contributed by atoms with Crippen molar-refractivity contribution in [3.8, 4) is 0 Å². The lowest BCUT2D eigenvalue weighted by atomic mass is 9.90. The second kappa shape index (κ2) is 18.7. The van der Waals surface area contributed by atoms with E-state index in [0.29, 0.717) is 51.3 Å². The molecular weight excluding hydrogens is 721 g/mol. The number of para-hydroxylation sites is 1. The number of fused-ring (bicyclic) bond motifs is 3. The number of carbonyl (C=O) groups is 4. The third kappa shape index (κ3) is 9.93. The molecule has 2 aromatic heterocycles. The molecule has 0 saturated carbocycles.